The molecule has 2 aromatic carbocycles. The van der Waals surface area contributed by atoms with Crippen LogP contribution < -0.4 is 10.6 Å². The van der Waals surface area contributed by atoms with Crippen molar-refractivity contribution in [2.75, 3.05) is 30.8 Å². The number of likely N-dealkylation sites (tertiary alicyclic amines) is 1. The van der Waals surface area contributed by atoms with Gasteiger partial charge in [-0.1, -0.05) is 29.8 Å². The maximum Gasteiger partial charge on any atom is 0.335 e. The maximum absolute atomic E-state index is 11.2. The van der Waals surface area contributed by atoms with Crippen LogP contribution in [0.2, 0.25) is 0 Å². The van der Waals surface area contributed by atoms with Gasteiger partial charge in [0.1, 0.15) is 6.17 Å². The molecule has 0 radical (unpaired) electrons. The number of carboxylic acids is 1. The van der Waals surface area contributed by atoms with Gasteiger partial charge in [-0.3, -0.25) is 9.88 Å². The molecule has 5 rings (SSSR count). The second-order valence-corrected chi connectivity index (χ2v) is 11.1. The van der Waals surface area contributed by atoms with E-state index in [1.807, 2.05) is 18.3 Å². The number of aromatic carboxylic acids is 1. The van der Waals surface area contributed by atoms with Crippen LogP contribution in [0.25, 0.3) is 17.2 Å². The predicted octanol–water partition coefficient (Wildman–Crippen LogP) is 6.63. The predicted molar refractivity (Wildman–Crippen MR) is 162 cm³/mol. The fourth-order valence-electron chi connectivity index (χ4n) is 5.86. The summed E-state index contributed by atoms with van der Waals surface area (Å²) in [5.41, 5.74) is 9.59. The van der Waals surface area contributed by atoms with Crippen molar-refractivity contribution in [3.8, 4) is 11.1 Å². The lowest BCUT2D eigenvalue weighted by Crippen LogP contribution is -2.40. The number of carboxylic acid groups (broad SMARTS) is 1. The van der Waals surface area contributed by atoms with Crippen LogP contribution in [0.5, 0.6) is 0 Å². The molecule has 1 saturated heterocycles. The van der Waals surface area contributed by atoms with Gasteiger partial charge >= 0.3 is 5.97 Å². The first-order chi connectivity index (χ1) is 19.2. The Morgan fingerprint density at radius 3 is 2.45 bits per heavy atom. The average Bonchev–Trinajstić information content (AvgIpc) is 3.41. The molecule has 0 spiro atoms. The second kappa shape index (κ2) is 11.8. The number of hydrogen-bond donors (Lipinski definition) is 3. The molecule has 2 unspecified atom stereocenters. The fourth-order valence-corrected chi connectivity index (χ4v) is 5.86. The molecule has 3 heterocycles. The highest BCUT2D eigenvalue weighted by Gasteiger charge is 2.26. The Balaban J connectivity index is 1.30. The van der Waals surface area contributed by atoms with Crippen LogP contribution in [0.4, 0.5) is 11.4 Å². The minimum atomic E-state index is -0.875. The van der Waals surface area contributed by atoms with E-state index in [-0.39, 0.29) is 12.3 Å². The first kappa shape index (κ1) is 27.9. The number of piperidine rings is 1. The van der Waals surface area contributed by atoms with Crippen molar-refractivity contribution in [3.63, 3.8) is 0 Å². The van der Waals surface area contributed by atoms with E-state index in [1.165, 1.54) is 16.7 Å². The molecule has 7 nitrogen and oxygen atoms in total. The SMILES string of the molecule is CO[C@H](C)C1Nc2ccc(-c3ccnc(C)c3/C=C(\C)C(C)N3CCC(c4ccc(C(=O)O)cc4)CC3)cc2N1. The quantitative estimate of drug-likeness (QED) is 0.296. The van der Waals surface area contributed by atoms with Crippen molar-refractivity contribution in [1.29, 1.82) is 0 Å². The molecule has 3 N–H and O–H groups in total. The molecule has 0 amide bonds. The Hall–Kier alpha value is -3.68. The van der Waals surface area contributed by atoms with Crippen molar-refractivity contribution in [2.24, 2.45) is 0 Å². The van der Waals surface area contributed by atoms with E-state index in [2.05, 4.69) is 78.6 Å². The summed E-state index contributed by atoms with van der Waals surface area (Å²) in [4.78, 5) is 18.4. The number of rotatable bonds is 8. The zero-order valence-corrected chi connectivity index (χ0v) is 24.1. The van der Waals surface area contributed by atoms with Gasteiger partial charge in [0.2, 0.25) is 0 Å². The summed E-state index contributed by atoms with van der Waals surface area (Å²) in [6.07, 6.45) is 6.44. The minimum Gasteiger partial charge on any atom is -0.478 e. The van der Waals surface area contributed by atoms with Gasteiger partial charge in [0, 0.05) is 30.6 Å². The van der Waals surface area contributed by atoms with E-state index in [9.17, 15) is 9.90 Å². The number of aryl methyl sites for hydroxylation is 1. The summed E-state index contributed by atoms with van der Waals surface area (Å²) in [5.74, 6) is -0.406. The lowest BCUT2D eigenvalue weighted by atomic mass is 9.88. The Kier molecular flexibility index (Phi) is 8.24. The van der Waals surface area contributed by atoms with Crippen molar-refractivity contribution in [2.45, 2.75) is 64.8 Å². The number of benzene rings is 2. The molecule has 3 aromatic rings. The summed E-state index contributed by atoms with van der Waals surface area (Å²) >= 11 is 0. The maximum atomic E-state index is 11.2. The highest BCUT2D eigenvalue weighted by Crippen LogP contribution is 2.37. The van der Waals surface area contributed by atoms with Gasteiger partial charge in [0.15, 0.2) is 0 Å². The monoisotopic (exact) mass is 540 g/mol. The molecule has 40 heavy (non-hydrogen) atoms. The summed E-state index contributed by atoms with van der Waals surface area (Å²) < 4.78 is 5.51. The van der Waals surface area contributed by atoms with E-state index in [0.717, 1.165) is 54.1 Å². The topological polar surface area (TPSA) is 86.7 Å². The van der Waals surface area contributed by atoms with Crippen LogP contribution >= 0.6 is 0 Å². The van der Waals surface area contributed by atoms with Gasteiger partial charge in [-0.05, 0) is 107 Å². The minimum absolute atomic E-state index is 0.0456. The van der Waals surface area contributed by atoms with Crippen molar-refractivity contribution < 1.29 is 14.6 Å². The number of carbonyl (C=O) groups is 1. The summed E-state index contributed by atoms with van der Waals surface area (Å²) in [6.45, 7) is 10.7. The summed E-state index contributed by atoms with van der Waals surface area (Å²) in [5, 5.41) is 16.2. The lowest BCUT2D eigenvalue weighted by molar-refractivity contribution is 0.0697. The number of ether oxygens (including phenoxy) is 1. The molecule has 3 atom stereocenters. The normalized spacial score (nSPS) is 19.4. The Bertz CT molecular complexity index is 1390. The molecular weight excluding hydrogens is 500 g/mol. The molecule has 1 fully saturated rings. The zero-order valence-electron chi connectivity index (χ0n) is 24.1. The van der Waals surface area contributed by atoms with Crippen molar-refractivity contribution in [1.82, 2.24) is 9.88 Å². The van der Waals surface area contributed by atoms with Crippen molar-refractivity contribution >= 4 is 23.4 Å². The van der Waals surface area contributed by atoms with E-state index in [4.69, 9.17) is 4.74 Å². The number of nitrogens with zero attached hydrogens (tertiary/aromatic N) is 2. The highest BCUT2D eigenvalue weighted by molar-refractivity contribution is 5.87. The molecule has 210 valence electrons. The van der Waals surface area contributed by atoms with E-state index < -0.39 is 5.97 Å². The number of pyridine rings is 1. The van der Waals surface area contributed by atoms with Gasteiger partial charge in [-0.2, -0.15) is 0 Å². The van der Waals surface area contributed by atoms with Crippen LogP contribution in [0.3, 0.4) is 0 Å². The molecule has 2 aliphatic heterocycles. The number of fused-ring (bicyclic) bond motifs is 1. The van der Waals surface area contributed by atoms with Crippen LogP contribution in [-0.2, 0) is 4.74 Å². The van der Waals surface area contributed by atoms with Crippen LogP contribution in [0, 0.1) is 6.92 Å². The molecule has 0 saturated carbocycles. The third-order valence-electron chi connectivity index (χ3n) is 8.72. The highest BCUT2D eigenvalue weighted by atomic mass is 16.5. The smallest absolute Gasteiger partial charge is 0.335 e. The zero-order chi connectivity index (χ0) is 28.4. The van der Waals surface area contributed by atoms with Gasteiger partial charge in [-0.25, -0.2) is 4.79 Å². The molecule has 0 aliphatic carbocycles. The third kappa shape index (κ3) is 5.76. The molecule has 0 bridgehead atoms. The van der Waals surface area contributed by atoms with Crippen LogP contribution in [0.1, 0.15) is 66.7 Å². The largest absolute Gasteiger partial charge is 0.478 e. The number of methoxy groups -OCH3 is 1. The summed E-state index contributed by atoms with van der Waals surface area (Å²) in [7, 11) is 1.73. The van der Waals surface area contributed by atoms with Gasteiger partial charge in [-0.15, -0.1) is 0 Å². The van der Waals surface area contributed by atoms with Crippen molar-refractivity contribution in [3.05, 3.63) is 82.7 Å². The number of nitrogens with one attached hydrogen (secondary N) is 2. The Morgan fingerprint density at radius 1 is 1.07 bits per heavy atom. The molecule has 7 heteroatoms. The standard InChI is InChI=1S/C33H40N4O3/c1-20(22(3)37-16-13-25(14-17-37)24-6-8-26(9-7-24)33(38)39)18-29-21(2)34-15-12-28(29)27-10-11-30-31(19-27)36-32(35-30)23(4)40-5/h6-12,15,18-19,22-23,25,32,35-36H,13-14,16-17H2,1-5H3,(H,38,39)/b20-18+/t22?,23-,32?/m1/s1. The van der Waals surface area contributed by atoms with Gasteiger partial charge in [0.05, 0.1) is 23.0 Å². The first-order valence-electron chi connectivity index (χ1n) is 14.2. The lowest BCUT2D eigenvalue weighted by Gasteiger charge is -2.37. The van der Waals surface area contributed by atoms with Gasteiger partial charge < -0.3 is 20.5 Å². The van der Waals surface area contributed by atoms with E-state index in [0.29, 0.717) is 17.5 Å². The molecular formula is C33H40N4O3. The fraction of sp³-hybridized carbons (Fsp3) is 0.394. The number of anilines is 2. The first-order valence-corrected chi connectivity index (χ1v) is 14.2. The summed E-state index contributed by atoms with van der Waals surface area (Å²) in [6, 6.07) is 16.3. The third-order valence-corrected chi connectivity index (χ3v) is 8.72. The van der Waals surface area contributed by atoms with Gasteiger partial charge in [0.25, 0.3) is 0 Å². The Labute approximate surface area is 237 Å². The second-order valence-electron chi connectivity index (χ2n) is 11.1. The number of aromatic nitrogens is 1. The van der Waals surface area contributed by atoms with E-state index in [1.54, 1.807) is 19.2 Å². The van der Waals surface area contributed by atoms with E-state index >= 15 is 0 Å². The number of hydrogen-bond acceptors (Lipinski definition) is 6. The molecule has 1 aromatic heterocycles. The van der Waals surface area contributed by atoms with Crippen LogP contribution in [-0.4, -0.2) is 59.5 Å². The molecule has 2 aliphatic rings. The van der Waals surface area contributed by atoms with Crippen LogP contribution in [0.15, 0.2) is 60.3 Å². The Morgan fingerprint density at radius 2 is 1.77 bits per heavy atom. The average molecular weight is 541 g/mol.